The number of hydrogen-bond donors (Lipinski definition) is 0. The molecule has 0 saturated carbocycles. The lowest BCUT2D eigenvalue weighted by Gasteiger charge is -2.31. The van der Waals surface area contributed by atoms with Crippen molar-refractivity contribution in [3.8, 4) is 0 Å². The van der Waals surface area contributed by atoms with Crippen LogP contribution in [0.3, 0.4) is 0 Å². The van der Waals surface area contributed by atoms with Crippen molar-refractivity contribution in [2.45, 2.75) is 37.1 Å². The van der Waals surface area contributed by atoms with Crippen molar-refractivity contribution in [3.63, 3.8) is 0 Å². The Bertz CT molecular complexity index is 353. The number of rotatable bonds is 5. The van der Waals surface area contributed by atoms with E-state index in [0.29, 0.717) is 16.8 Å². The molecule has 6 heteroatoms. The van der Waals surface area contributed by atoms with Gasteiger partial charge in [-0.1, -0.05) is 0 Å². The van der Waals surface area contributed by atoms with E-state index < -0.39 is 0 Å². The number of ether oxygens (including phenoxy) is 3. The van der Waals surface area contributed by atoms with Gasteiger partial charge in [-0.25, -0.2) is 4.79 Å². The van der Waals surface area contributed by atoms with Gasteiger partial charge in [0.05, 0.1) is 23.5 Å². The van der Waals surface area contributed by atoms with Crippen LogP contribution in [0.5, 0.6) is 0 Å². The van der Waals surface area contributed by atoms with E-state index in [2.05, 4.69) is 0 Å². The lowest BCUT2D eigenvalue weighted by molar-refractivity contribution is -0.143. The highest BCUT2D eigenvalue weighted by atomic mass is 32.2. The first-order valence-electron chi connectivity index (χ1n) is 7.03. The van der Waals surface area contributed by atoms with Crippen molar-refractivity contribution in [2.75, 3.05) is 25.2 Å². The summed E-state index contributed by atoms with van der Waals surface area (Å²) in [7, 11) is 1.42. The van der Waals surface area contributed by atoms with Crippen LogP contribution in [0.4, 0.5) is 0 Å². The molecule has 0 N–H and O–H groups in total. The summed E-state index contributed by atoms with van der Waals surface area (Å²) in [6.45, 7) is 2.57. The van der Waals surface area contributed by atoms with Gasteiger partial charge in [0.1, 0.15) is 0 Å². The molecule has 2 atom stereocenters. The van der Waals surface area contributed by atoms with Crippen molar-refractivity contribution >= 4 is 29.5 Å². The summed E-state index contributed by atoms with van der Waals surface area (Å²) in [5.74, 6) is 2.31. The Morgan fingerprint density at radius 1 is 1.45 bits per heavy atom. The monoisotopic (exact) mass is 318 g/mol. The lowest BCUT2D eigenvalue weighted by atomic mass is 9.92. The molecule has 2 aliphatic heterocycles. The summed E-state index contributed by atoms with van der Waals surface area (Å²) >= 11 is 3.99. The van der Waals surface area contributed by atoms with E-state index in [1.807, 2.05) is 30.4 Å². The van der Waals surface area contributed by atoms with Gasteiger partial charge in [0.25, 0.3) is 0 Å². The molecule has 114 valence electrons. The van der Waals surface area contributed by atoms with E-state index in [4.69, 9.17) is 14.2 Å². The maximum atomic E-state index is 11.9. The molecule has 0 aromatic carbocycles. The van der Waals surface area contributed by atoms with E-state index in [0.717, 1.165) is 12.8 Å². The van der Waals surface area contributed by atoms with Crippen molar-refractivity contribution in [1.82, 2.24) is 0 Å². The molecule has 0 aliphatic carbocycles. The van der Waals surface area contributed by atoms with Crippen LogP contribution in [0.15, 0.2) is 11.8 Å². The predicted octanol–water partition coefficient (Wildman–Crippen LogP) is 3.03. The van der Waals surface area contributed by atoms with Gasteiger partial charge in [-0.15, -0.1) is 23.5 Å². The molecule has 0 aromatic heterocycles. The van der Waals surface area contributed by atoms with Crippen LogP contribution in [0, 0.1) is 5.92 Å². The molecule has 0 spiro atoms. The second-order valence-electron chi connectivity index (χ2n) is 4.78. The zero-order valence-corrected chi connectivity index (χ0v) is 13.6. The summed E-state index contributed by atoms with van der Waals surface area (Å²) in [6.07, 6.45) is 4.28. The molecule has 0 unspecified atom stereocenters. The third-order valence-electron chi connectivity index (χ3n) is 3.41. The molecule has 2 rings (SSSR count). The zero-order valence-electron chi connectivity index (χ0n) is 12.0. The highest BCUT2D eigenvalue weighted by molar-refractivity contribution is 8.17. The average molecular weight is 318 g/mol. The molecule has 2 aliphatic rings. The van der Waals surface area contributed by atoms with Crippen LogP contribution < -0.4 is 0 Å². The van der Waals surface area contributed by atoms with Crippen LogP contribution in [-0.4, -0.2) is 42.1 Å². The van der Waals surface area contributed by atoms with Crippen molar-refractivity contribution < 1.29 is 19.0 Å². The predicted molar refractivity (Wildman–Crippen MR) is 82.6 cm³/mol. The van der Waals surface area contributed by atoms with Crippen LogP contribution in [0.25, 0.3) is 0 Å². The maximum Gasteiger partial charge on any atom is 0.337 e. The van der Waals surface area contributed by atoms with Crippen LogP contribution in [0.1, 0.15) is 26.2 Å². The number of esters is 1. The topological polar surface area (TPSA) is 44.8 Å². The molecular formula is C14H22O4S2. The smallest absolute Gasteiger partial charge is 0.337 e. The van der Waals surface area contributed by atoms with E-state index in [-0.39, 0.29) is 18.2 Å². The third kappa shape index (κ3) is 4.33. The average Bonchev–Trinajstić information content (AvgIpc) is 2.48. The third-order valence-corrected chi connectivity index (χ3v) is 6.40. The fraction of sp³-hybridized carbons (Fsp3) is 0.786. The van der Waals surface area contributed by atoms with Crippen LogP contribution in [0.2, 0.25) is 0 Å². The molecule has 1 saturated heterocycles. The SMILES string of the molecule is CCO[C@@H]1C[C@H](CC2SCCCS2)C(C(=O)OC)=CO1. The minimum absolute atomic E-state index is 0.163. The summed E-state index contributed by atoms with van der Waals surface area (Å²) in [5.41, 5.74) is 0.648. The first-order valence-corrected chi connectivity index (χ1v) is 9.13. The molecule has 20 heavy (non-hydrogen) atoms. The largest absolute Gasteiger partial charge is 0.472 e. The lowest BCUT2D eigenvalue weighted by Crippen LogP contribution is -2.30. The molecule has 0 aromatic rings. The quantitative estimate of drug-likeness (QED) is 0.726. The van der Waals surface area contributed by atoms with Crippen molar-refractivity contribution in [1.29, 1.82) is 0 Å². The number of hydrogen-bond acceptors (Lipinski definition) is 6. The highest BCUT2D eigenvalue weighted by Crippen LogP contribution is 2.39. The number of thioether (sulfide) groups is 2. The van der Waals surface area contributed by atoms with Crippen LogP contribution in [-0.2, 0) is 19.0 Å². The molecule has 1 fully saturated rings. The summed E-state index contributed by atoms with van der Waals surface area (Å²) in [5, 5.41) is 0. The van der Waals surface area contributed by atoms with Gasteiger partial charge in [-0.3, -0.25) is 0 Å². The minimum Gasteiger partial charge on any atom is -0.472 e. The molecule has 4 nitrogen and oxygen atoms in total. The first kappa shape index (κ1) is 16.0. The van der Waals surface area contributed by atoms with Crippen LogP contribution >= 0.6 is 23.5 Å². The molecule has 0 bridgehead atoms. The first-order chi connectivity index (χ1) is 9.74. The zero-order chi connectivity index (χ0) is 14.4. The van der Waals surface area contributed by atoms with Crippen molar-refractivity contribution in [3.05, 3.63) is 11.8 Å². The Balaban J connectivity index is 2.01. The van der Waals surface area contributed by atoms with Gasteiger partial charge in [0.15, 0.2) is 6.29 Å². The van der Waals surface area contributed by atoms with Crippen molar-refractivity contribution in [2.24, 2.45) is 5.92 Å². The van der Waals surface area contributed by atoms with E-state index in [9.17, 15) is 4.79 Å². The molecule has 2 heterocycles. The van der Waals surface area contributed by atoms with E-state index in [1.165, 1.54) is 25.0 Å². The fourth-order valence-electron chi connectivity index (χ4n) is 2.41. The molecular weight excluding hydrogens is 296 g/mol. The van der Waals surface area contributed by atoms with Gasteiger partial charge in [-0.2, -0.15) is 0 Å². The Morgan fingerprint density at radius 3 is 2.85 bits per heavy atom. The Hall–Kier alpha value is -0.330. The maximum absolute atomic E-state index is 11.9. The summed E-state index contributed by atoms with van der Waals surface area (Å²) in [4.78, 5) is 11.9. The summed E-state index contributed by atoms with van der Waals surface area (Å²) < 4.78 is 16.4. The highest BCUT2D eigenvalue weighted by Gasteiger charge is 2.33. The number of carbonyl (C=O) groups excluding carboxylic acids is 1. The van der Waals surface area contributed by atoms with E-state index >= 15 is 0 Å². The normalized spacial score (nSPS) is 27.6. The number of methoxy groups -OCH3 is 1. The van der Waals surface area contributed by atoms with Gasteiger partial charge >= 0.3 is 5.97 Å². The Kier molecular flexibility index (Phi) is 6.58. The Morgan fingerprint density at radius 2 is 2.20 bits per heavy atom. The second kappa shape index (κ2) is 8.20. The summed E-state index contributed by atoms with van der Waals surface area (Å²) in [6, 6.07) is 0. The van der Waals surface area contributed by atoms with Gasteiger partial charge in [-0.05, 0) is 31.3 Å². The van der Waals surface area contributed by atoms with Gasteiger partial charge < -0.3 is 14.2 Å². The minimum atomic E-state index is -0.282. The number of carbonyl (C=O) groups is 1. The molecule has 0 amide bonds. The second-order valence-corrected chi connectivity index (χ2v) is 7.70. The van der Waals surface area contributed by atoms with Gasteiger partial charge in [0.2, 0.25) is 0 Å². The van der Waals surface area contributed by atoms with Gasteiger partial charge in [0, 0.05) is 18.9 Å². The fourth-order valence-corrected chi connectivity index (χ4v) is 5.44. The van der Waals surface area contributed by atoms with E-state index in [1.54, 1.807) is 6.26 Å². The Labute approximate surface area is 129 Å². The standard InChI is InChI=1S/C14H22O4S2/c1-3-17-12-7-10(8-13-19-5-4-6-20-13)11(9-18-12)14(15)16-2/h9-10,12-13H,3-8H2,1-2H3/t10-,12+/m1/s1. The molecule has 0 radical (unpaired) electrons.